The minimum Gasteiger partial charge on any atom is -0.675 e. The van der Waals surface area contributed by atoms with Crippen molar-refractivity contribution >= 4 is 28.8 Å². The van der Waals surface area contributed by atoms with Gasteiger partial charge in [0.05, 0.1) is 0 Å². The van der Waals surface area contributed by atoms with E-state index >= 15 is 0 Å². The number of carbonyl (C=O) groups excluding carboxylic acids is 1. The van der Waals surface area contributed by atoms with Crippen LogP contribution in [0.5, 0.6) is 0 Å². The Morgan fingerprint density at radius 3 is 2.27 bits per heavy atom. The van der Waals surface area contributed by atoms with Crippen LogP contribution in [0.1, 0.15) is 13.8 Å². The van der Waals surface area contributed by atoms with E-state index in [1.807, 2.05) is 13.8 Å². The molecule has 0 aliphatic rings. The van der Waals surface area contributed by atoms with Crippen LogP contribution in [0.25, 0.3) is 0 Å². The summed E-state index contributed by atoms with van der Waals surface area (Å²) in [6.45, 7) is 5.09. The summed E-state index contributed by atoms with van der Waals surface area (Å²) < 4.78 is 4.50. The SMILES string of the molecule is CCN(CC)C(=O)OS[S-].[Cd]. The van der Waals surface area contributed by atoms with E-state index in [9.17, 15) is 4.79 Å². The first-order chi connectivity index (χ1) is 4.76. The average Bonchev–Trinajstić information content (AvgIpc) is 1.91. The molecule has 0 radical (unpaired) electrons. The van der Waals surface area contributed by atoms with Crippen molar-refractivity contribution in [2.24, 2.45) is 0 Å². The quantitative estimate of drug-likeness (QED) is 0.342. The number of amides is 1. The van der Waals surface area contributed by atoms with E-state index in [2.05, 4.69) is 15.8 Å². The van der Waals surface area contributed by atoms with Crippen molar-refractivity contribution in [1.29, 1.82) is 0 Å². The predicted octanol–water partition coefficient (Wildman–Crippen LogP) is 1.57. The zero-order valence-corrected chi connectivity index (χ0v) is 12.4. The third kappa shape index (κ3) is 6.09. The van der Waals surface area contributed by atoms with Crippen LogP contribution in [0.4, 0.5) is 4.79 Å². The Morgan fingerprint density at radius 1 is 1.55 bits per heavy atom. The topological polar surface area (TPSA) is 29.5 Å². The van der Waals surface area contributed by atoms with Crippen molar-refractivity contribution in [3.05, 3.63) is 0 Å². The molecular weight excluding hydrogens is 283 g/mol. The van der Waals surface area contributed by atoms with Gasteiger partial charge >= 0.3 is 6.09 Å². The van der Waals surface area contributed by atoms with Gasteiger partial charge in [0.25, 0.3) is 0 Å². The second-order valence-corrected chi connectivity index (χ2v) is 2.30. The van der Waals surface area contributed by atoms with E-state index in [-0.39, 0.29) is 33.4 Å². The molecule has 0 aliphatic carbocycles. The fourth-order valence-electron chi connectivity index (χ4n) is 0.564. The second-order valence-electron chi connectivity index (χ2n) is 1.59. The molecule has 0 unspecified atom stereocenters. The first kappa shape index (κ1) is 14.4. The number of hydrogen-bond donors (Lipinski definition) is 0. The molecule has 0 fully saturated rings. The predicted molar refractivity (Wildman–Crippen MR) is 44.4 cm³/mol. The molecule has 1 amide bonds. The Morgan fingerprint density at radius 2 is 2.00 bits per heavy atom. The maximum Gasteiger partial charge on any atom is 0.420 e. The Kier molecular flexibility index (Phi) is 11.8. The molecule has 0 aromatic carbocycles. The zero-order chi connectivity index (χ0) is 7.98. The van der Waals surface area contributed by atoms with Crippen molar-refractivity contribution < 1.29 is 36.3 Å². The van der Waals surface area contributed by atoms with Crippen LogP contribution in [-0.4, -0.2) is 24.1 Å². The normalized spacial score (nSPS) is 8.27. The first-order valence-electron chi connectivity index (χ1n) is 3.01. The van der Waals surface area contributed by atoms with E-state index in [1.165, 1.54) is 0 Å². The molecule has 6 heteroatoms. The fourth-order valence-corrected chi connectivity index (χ4v) is 0.902. The number of nitrogens with zero attached hydrogens (tertiary/aromatic N) is 1. The van der Waals surface area contributed by atoms with Crippen LogP contribution < -0.4 is 0 Å². The Labute approximate surface area is 96.4 Å². The minimum atomic E-state index is -0.356. The molecule has 0 saturated carbocycles. The van der Waals surface area contributed by atoms with Crippen LogP contribution in [0.2, 0.25) is 0 Å². The maximum atomic E-state index is 10.8. The van der Waals surface area contributed by atoms with Crippen molar-refractivity contribution in [3.8, 4) is 0 Å². The number of rotatable bonds is 3. The second kappa shape index (κ2) is 8.98. The smallest absolute Gasteiger partial charge is 0.420 e. The van der Waals surface area contributed by atoms with Gasteiger partial charge in [0.15, 0.2) is 0 Å². The Bertz CT molecular complexity index is 111. The molecule has 0 heterocycles. The van der Waals surface area contributed by atoms with Gasteiger partial charge in [0, 0.05) is 40.4 Å². The van der Waals surface area contributed by atoms with E-state index in [0.717, 1.165) is 0 Å². The van der Waals surface area contributed by atoms with E-state index in [0.29, 0.717) is 24.2 Å². The molecule has 0 atom stereocenters. The summed E-state index contributed by atoms with van der Waals surface area (Å²) in [4.78, 5) is 12.4. The van der Waals surface area contributed by atoms with Gasteiger partial charge in [-0.15, -0.1) is 11.1 Å². The molecule has 0 bridgehead atoms. The standard InChI is InChI=1S/C5H11NO2S2.Cd/c1-3-6(4-2)5(7)8-10-9;/h9H,3-4H2,1-2H3;/p-1. The molecule has 0 spiro atoms. The minimum absolute atomic E-state index is 0. The summed E-state index contributed by atoms with van der Waals surface area (Å²) in [5, 5.41) is 0. The van der Waals surface area contributed by atoms with Crippen LogP contribution in [0.3, 0.4) is 0 Å². The van der Waals surface area contributed by atoms with Crippen molar-refractivity contribution in [1.82, 2.24) is 4.90 Å². The molecule has 0 rings (SSSR count). The molecule has 0 saturated heterocycles. The monoisotopic (exact) mass is 294 g/mol. The van der Waals surface area contributed by atoms with E-state index < -0.39 is 0 Å². The summed E-state index contributed by atoms with van der Waals surface area (Å²) in [6.07, 6.45) is -0.356. The van der Waals surface area contributed by atoms with Crippen molar-refractivity contribution in [2.45, 2.75) is 13.8 Å². The van der Waals surface area contributed by atoms with E-state index in [1.54, 1.807) is 4.90 Å². The molecule has 3 nitrogen and oxygen atoms in total. The molecule has 0 N–H and O–H groups in total. The maximum absolute atomic E-state index is 10.8. The Balaban J connectivity index is 0. The van der Waals surface area contributed by atoms with Crippen LogP contribution >= 0.6 is 11.1 Å². The fraction of sp³-hybridized carbons (Fsp3) is 0.800. The summed E-state index contributed by atoms with van der Waals surface area (Å²) in [6, 6.07) is 0. The molecule has 0 aliphatic heterocycles. The van der Waals surface area contributed by atoms with Gasteiger partial charge < -0.3 is 20.7 Å². The molecule has 0 aromatic rings. The summed E-state index contributed by atoms with van der Waals surface area (Å²) >= 11 is 5.05. The number of hydrogen-bond acceptors (Lipinski definition) is 4. The Hall–Kier alpha value is 0.892. The molecular formula is C5H10CdNO2S2-. The van der Waals surface area contributed by atoms with Gasteiger partial charge in [-0.3, -0.25) is 0 Å². The zero-order valence-electron chi connectivity index (χ0n) is 6.70. The van der Waals surface area contributed by atoms with Gasteiger partial charge in [-0.1, -0.05) is 0 Å². The van der Waals surface area contributed by atoms with Gasteiger partial charge in [-0.25, -0.2) is 4.79 Å². The first-order valence-corrected chi connectivity index (χ1v) is 4.68. The van der Waals surface area contributed by atoms with Crippen LogP contribution in [0, 0.1) is 0 Å². The van der Waals surface area contributed by atoms with Gasteiger partial charge in [-0.05, 0) is 13.8 Å². The van der Waals surface area contributed by atoms with Gasteiger partial charge in [0.2, 0.25) is 0 Å². The summed E-state index contributed by atoms with van der Waals surface area (Å²) in [7, 11) is 0. The summed E-state index contributed by atoms with van der Waals surface area (Å²) in [5.41, 5.74) is 0. The van der Waals surface area contributed by atoms with Crippen LogP contribution in [0.15, 0.2) is 0 Å². The van der Waals surface area contributed by atoms with Gasteiger partial charge in [0.1, 0.15) is 0 Å². The van der Waals surface area contributed by atoms with Crippen LogP contribution in [-0.2, 0) is 43.1 Å². The van der Waals surface area contributed by atoms with Crippen molar-refractivity contribution in [2.75, 3.05) is 13.1 Å². The molecule has 11 heavy (non-hydrogen) atoms. The third-order valence-corrected chi connectivity index (χ3v) is 1.54. The molecule has 62 valence electrons. The summed E-state index contributed by atoms with van der Waals surface area (Å²) in [5.74, 6) is 0. The molecule has 0 aromatic heterocycles. The number of carbonyl (C=O) groups is 1. The average molecular weight is 293 g/mol. The van der Waals surface area contributed by atoms with E-state index in [4.69, 9.17) is 0 Å². The largest absolute Gasteiger partial charge is 0.675 e. The van der Waals surface area contributed by atoms with Gasteiger partial charge in [-0.2, -0.15) is 0 Å². The van der Waals surface area contributed by atoms with Crippen molar-refractivity contribution in [3.63, 3.8) is 0 Å². The third-order valence-electron chi connectivity index (χ3n) is 1.13.